The molecule has 2 atom stereocenters. The molecule has 1 rings (SSSR count). The predicted molar refractivity (Wildman–Crippen MR) is 69.7 cm³/mol. The standard InChI is InChI=1S/C13H21F3N2O3/c1-3-17(8-13(14,15)16)11(19)10-5-4-6-18(7-10)9(2)12(20)21/h9-10H,3-8H2,1-2H3,(H,20,21)/t9-,10-/m0/s1. The number of halogens is 3. The number of aliphatic carboxylic acids is 1. The first-order valence-corrected chi connectivity index (χ1v) is 6.98. The van der Waals surface area contributed by atoms with Crippen molar-refractivity contribution in [2.24, 2.45) is 5.92 Å². The second kappa shape index (κ2) is 7.11. The summed E-state index contributed by atoms with van der Waals surface area (Å²) < 4.78 is 37.3. The van der Waals surface area contributed by atoms with E-state index in [0.29, 0.717) is 19.4 Å². The first-order chi connectivity index (χ1) is 9.65. The molecule has 122 valence electrons. The lowest BCUT2D eigenvalue weighted by Gasteiger charge is -2.36. The number of carboxylic acid groups (broad SMARTS) is 1. The van der Waals surface area contributed by atoms with Gasteiger partial charge in [-0.3, -0.25) is 14.5 Å². The van der Waals surface area contributed by atoms with E-state index in [1.165, 1.54) is 13.8 Å². The van der Waals surface area contributed by atoms with E-state index in [-0.39, 0.29) is 13.1 Å². The fraction of sp³-hybridized carbons (Fsp3) is 0.846. The number of alkyl halides is 3. The molecule has 1 heterocycles. The van der Waals surface area contributed by atoms with Gasteiger partial charge in [0.05, 0.1) is 5.92 Å². The Bertz CT molecular complexity index is 387. The lowest BCUT2D eigenvalue weighted by molar-refractivity contribution is -0.164. The molecule has 1 saturated heterocycles. The molecular formula is C13H21F3N2O3. The molecule has 8 heteroatoms. The second-order valence-corrected chi connectivity index (χ2v) is 5.32. The van der Waals surface area contributed by atoms with Crippen LogP contribution >= 0.6 is 0 Å². The van der Waals surface area contributed by atoms with Crippen molar-refractivity contribution >= 4 is 11.9 Å². The quantitative estimate of drug-likeness (QED) is 0.837. The van der Waals surface area contributed by atoms with Crippen molar-refractivity contribution in [1.29, 1.82) is 0 Å². The summed E-state index contributed by atoms with van der Waals surface area (Å²) in [6.07, 6.45) is -3.32. The SMILES string of the molecule is CCN(CC(F)(F)F)C(=O)[C@H]1CCCN([C@@H](C)C(=O)O)C1. The van der Waals surface area contributed by atoms with E-state index in [0.717, 1.165) is 4.90 Å². The fourth-order valence-electron chi connectivity index (χ4n) is 2.54. The number of likely N-dealkylation sites (tertiary alicyclic amines) is 1. The van der Waals surface area contributed by atoms with Gasteiger partial charge < -0.3 is 10.0 Å². The number of hydrogen-bond donors (Lipinski definition) is 1. The third kappa shape index (κ3) is 5.18. The summed E-state index contributed by atoms with van der Waals surface area (Å²) in [5.74, 6) is -2.11. The van der Waals surface area contributed by atoms with E-state index in [2.05, 4.69) is 0 Å². The maximum atomic E-state index is 12.4. The van der Waals surface area contributed by atoms with Crippen molar-refractivity contribution in [1.82, 2.24) is 9.80 Å². The third-order valence-electron chi connectivity index (χ3n) is 3.77. The van der Waals surface area contributed by atoms with E-state index in [4.69, 9.17) is 5.11 Å². The molecule has 0 spiro atoms. The Labute approximate surface area is 121 Å². The van der Waals surface area contributed by atoms with E-state index in [1.807, 2.05) is 0 Å². The van der Waals surface area contributed by atoms with Crippen LogP contribution in [0.3, 0.4) is 0 Å². The van der Waals surface area contributed by atoms with Gasteiger partial charge in [0.15, 0.2) is 0 Å². The van der Waals surface area contributed by atoms with Crippen LogP contribution in [0.1, 0.15) is 26.7 Å². The average molecular weight is 310 g/mol. The van der Waals surface area contributed by atoms with Crippen LogP contribution in [0.2, 0.25) is 0 Å². The Hall–Kier alpha value is -1.31. The molecule has 5 nitrogen and oxygen atoms in total. The summed E-state index contributed by atoms with van der Waals surface area (Å²) in [6.45, 7) is 2.49. The first kappa shape index (κ1) is 17.7. The molecule has 1 aliphatic rings. The smallest absolute Gasteiger partial charge is 0.406 e. The summed E-state index contributed by atoms with van der Waals surface area (Å²) in [6, 6.07) is -0.738. The van der Waals surface area contributed by atoms with Crippen molar-refractivity contribution in [2.75, 3.05) is 26.2 Å². The van der Waals surface area contributed by atoms with Crippen molar-refractivity contribution in [3.63, 3.8) is 0 Å². The van der Waals surface area contributed by atoms with Gasteiger partial charge in [-0.1, -0.05) is 0 Å². The third-order valence-corrected chi connectivity index (χ3v) is 3.77. The number of carboxylic acids is 1. The molecule has 0 aromatic carbocycles. The number of hydrogen-bond acceptors (Lipinski definition) is 3. The van der Waals surface area contributed by atoms with E-state index < -0.39 is 36.6 Å². The Morgan fingerprint density at radius 2 is 2.05 bits per heavy atom. The molecule has 0 unspecified atom stereocenters. The number of carbonyl (C=O) groups excluding carboxylic acids is 1. The van der Waals surface area contributed by atoms with Crippen LogP contribution in [-0.2, 0) is 9.59 Å². The summed E-state index contributed by atoms with van der Waals surface area (Å²) in [7, 11) is 0. The molecule has 1 aliphatic heterocycles. The molecule has 1 amide bonds. The van der Waals surface area contributed by atoms with E-state index in [9.17, 15) is 22.8 Å². The van der Waals surface area contributed by atoms with Crippen LogP contribution in [0.15, 0.2) is 0 Å². The molecule has 0 aromatic rings. The van der Waals surface area contributed by atoms with Crippen LogP contribution in [-0.4, -0.2) is 65.2 Å². The molecule has 21 heavy (non-hydrogen) atoms. The first-order valence-electron chi connectivity index (χ1n) is 6.98. The maximum absolute atomic E-state index is 12.4. The van der Waals surface area contributed by atoms with Gasteiger partial charge in [-0.15, -0.1) is 0 Å². The summed E-state index contributed by atoms with van der Waals surface area (Å²) in [5.41, 5.74) is 0. The van der Waals surface area contributed by atoms with E-state index in [1.54, 1.807) is 4.90 Å². The van der Waals surface area contributed by atoms with Gasteiger partial charge in [-0.2, -0.15) is 13.2 Å². The van der Waals surface area contributed by atoms with Gasteiger partial charge >= 0.3 is 12.1 Å². The second-order valence-electron chi connectivity index (χ2n) is 5.32. The normalized spacial score (nSPS) is 21.9. The number of carbonyl (C=O) groups is 2. The van der Waals surface area contributed by atoms with Gasteiger partial charge in [-0.05, 0) is 33.2 Å². The van der Waals surface area contributed by atoms with Gasteiger partial charge in [0.25, 0.3) is 0 Å². The van der Waals surface area contributed by atoms with Crippen LogP contribution in [0.5, 0.6) is 0 Å². The summed E-state index contributed by atoms with van der Waals surface area (Å²) in [4.78, 5) is 25.6. The predicted octanol–water partition coefficient (Wildman–Crippen LogP) is 1.58. The highest BCUT2D eigenvalue weighted by Gasteiger charge is 2.37. The number of nitrogens with zero attached hydrogens (tertiary/aromatic N) is 2. The number of amides is 1. The molecule has 0 bridgehead atoms. The van der Waals surface area contributed by atoms with Crippen LogP contribution < -0.4 is 0 Å². The zero-order valence-corrected chi connectivity index (χ0v) is 12.2. The monoisotopic (exact) mass is 310 g/mol. The lowest BCUT2D eigenvalue weighted by atomic mass is 9.95. The highest BCUT2D eigenvalue weighted by atomic mass is 19.4. The minimum atomic E-state index is -4.42. The maximum Gasteiger partial charge on any atom is 0.406 e. The van der Waals surface area contributed by atoms with Crippen LogP contribution in [0.25, 0.3) is 0 Å². The highest BCUT2D eigenvalue weighted by molar-refractivity contribution is 5.79. The minimum Gasteiger partial charge on any atom is -0.480 e. The van der Waals surface area contributed by atoms with Gasteiger partial charge in [0, 0.05) is 13.1 Å². The Morgan fingerprint density at radius 1 is 1.43 bits per heavy atom. The molecule has 0 aromatic heterocycles. The van der Waals surface area contributed by atoms with Gasteiger partial charge in [0.1, 0.15) is 12.6 Å². The van der Waals surface area contributed by atoms with Gasteiger partial charge in [0.2, 0.25) is 5.91 Å². The summed E-state index contributed by atoms with van der Waals surface area (Å²) in [5, 5.41) is 8.98. The molecule has 0 radical (unpaired) electrons. The minimum absolute atomic E-state index is 0.0106. The van der Waals surface area contributed by atoms with Crippen molar-refractivity contribution < 1.29 is 27.9 Å². The lowest BCUT2D eigenvalue weighted by Crippen LogP contribution is -2.50. The van der Waals surface area contributed by atoms with Crippen molar-refractivity contribution in [3.8, 4) is 0 Å². The molecule has 0 aliphatic carbocycles. The Kier molecular flexibility index (Phi) is 6.00. The zero-order valence-electron chi connectivity index (χ0n) is 12.2. The molecular weight excluding hydrogens is 289 g/mol. The molecule has 1 N–H and O–H groups in total. The molecule has 0 saturated carbocycles. The largest absolute Gasteiger partial charge is 0.480 e. The molecule has 1 fully saturated rings. The van der Waals surface area contributed by atoms with Crippen molar-refractivity contribution in [3.05, 3.63) is 0 Å². The summed E-state index contributed by atoms with van der Waals surface area (Å²) >= 11 is 0. The highest BCUT2D eigenvalue weighted by Crippen LogP contribution is 2.23. The van der Waals surface area contributed by atoms with Gasteiger partial charge in [-0.25, -0.2) is 0 Å². The van der Waals surface area contributed by atoms with Crippen LogP contribution in [0, 0.1) is 5.92 Å². The topological polar surface area (TPSA) is 60.9 Å². The Morgan fingerprint density at radius 3 is 2.52 bits per heavy atom. The number of rotatable bonds is 5. The van der Waals surface area contributed by atoms with E-state index >= 15 is 0 Å². The zero-order chi connectivity index (χ0) is 16.2. The Balaban J connectivity index is 2.70. The van der Waals surface area contributed by atoms with Crippen LogP contribution in [0.4, 0.5) is 13.2 Å². The number of piperidine rings is 1. The fourth-order valence-corrected chi connectivity index (χ4v) is 2.54. The average Bonchev–Trinajstić information content (AvgIpc) is 2.42. The van der Waals surface area contributed by atoms with Crippen molar-refractivity contribution in [2.45, 2.75) is 38.9 Å².